The number of rotatable bonds is 4. The van der Waals surface area contributed by atoms with Crippen molar-refractivity contribution in [3.05, 3.63) is 32.7 Å². The van der Waals surface area contributed by atoms with Crippen LogP contribution in [0.1, 0.15) is 15.2 Å². The van der Waals surface area contributed by atoms with E-state index < -0.39 is 4.92 Å². The highest BCUT2D eigenvalue weighted by Gasteiger charge is 2.16. The van der Waals surface area contributed by atoms with Crippen molar-refractivity contribution in [3.63, 3.8) is 0 Å². The Hall–Kier alpha value is -1.82. The molecule has 0 aliphatic rings. The van der Waals surface area contributed by atoms with Gasteiger partial charge in [0, 0.05) is 0 Å². The van der Waals surface area contributed by atoms with Crippen LogP contribution in [0.25, 0.3) is 6.08 Å². The lowest BCUT2D eigenvalue weighted by molar-refractivity contribution is -0.380. The summed E-state index contributed by atoms with van der Waals surface area (Å²) in [7, 11) is 0. The van der Waals surface area contributed by atoms with Gasteiger partial charge in [-0.2, -0.15) is 0 Å². The summed E-state index contributed by atoms with van der Waals surface area (Å²) in [5.41, 5.74) is 0.272. The maximum atomic E-state index is 10.5. The van der Waals surface area contributed by atoms with E-state index >= 15 is 0 Å². The molecule has 0 unspecified atom stereocenters. The van der Waals surface area contributed by atoms with Gasteiger partial charge in [-0.05, 0) is 18.2 Å². The minimum absolute atomic E-state index is 0.134. The van der Waals surface area contributed by atoms with Crippen molar-refractivity contribution in [2.45, 2.75) is 0 Å². The average Bonchev–Trinajstić information content (AvgIpc) is 2.58. The molecule has 0 aliphatic carbocycles. The number of hydrogen-bond donors (Lipinski definition) is 0. The van der Waals surface area contributed by atoms with E-state index in [4.69, 9.17) is 0 Å². The summed E-state index contributed by atoms with van der Waals surface area (Å²) < 4.78 is 0. The second-order valence-corrected chi connectivity index (χ2v) is 3.34. The highest BCUT2D eigenvalue weighted by atomic mass is 32.1. The summed E-state index contributed by atoms with van der Waals surface area (Å²) in [5, 5.41) is 10.4. The normalized spacial score (nSPS) is 10.3. The van der Waals surface area contributed by atoms with Gasteiger partial charge in [0.25, 0.3) is 0 Å². The molecule has 0 spiro atoms. The molecule has 0 aromatic carbocycles. The van der Waals surface area contributed by atoms with Gasteiger partial charge < -0.3 is 0 Å². The van der Waals surface area contributed by atoms with Crippen molar-refractivity contribution in [2.24, 2.45) is 0 Å². The van der Waals surface area contributed by atoms with Gasteiger partial charge >= 0.3 is 5.00 Å². The Labute approximate surface area is 82.8 Å². The molecule has 0 bridgehead atoms. The molecule has 0 saturated heterocycles. The minimum atomic E-state index is -0.581. The van der Waals surface area contributed by atoms with E-state index in [0.29, 0.717) is 12.6 Å². The number of nitrogens with zero attached hydrogens (tertiary/aromatic N) is 1. The molecule has 72 valence electrons. The predicted molar refractivity (Wildman–Crippen MR) is 51.5 cm³/mol. The lowest BCUT2D eigenvalue weighted by atomic mass is 10.2. The number of thiophene rings is 1. The maximum absolute atomic E-state index is 10.5. The van der Waals surface area contributed by atoms with Crippen LogP contribution in [0, 0.1) is 10.1 Å². The molecule has 0 saturated carbocycles. The number of carbonyl (C=O) groups excluding carboxylic acids is 2. The Morgan fingerprint density at radius 2 is 2.14 bits per heavy atom. The second-order valence-electron chi connectivity index (χ2n) is 2.28. The Bertz CT molecular complexity index is 407. The van der Waals surface area contributed by atoms with Crippen molar-refractivity contribution in [1.82, 2.24) is 0 Å². The number of carbonyl (C=O) groups is 2. The summed E-state index contributed by atoms with van der Waals surface area (Å²) in [6.45, 7) is 0. The van der Waals surface area contributed by atoms with Gasteiger partial charge in [0.1, 0.15) is 6.29 Å². The fourth-order valence-electron chi connectivity index (χ4n) is 0.878. The Morgan fingerprint density at radius 3 is 2.64 bits per heavy atom. The number of aldehydes is 2. The fraction of sp³-hybridized carbons (Fsp3) is 0. The third-order valence-corrected chi connectivity index (χ3v) is 2.42. The zero-order valence-corrected chi connectivity index (χ0v) is 7.69. The predicted octanol–water partition coefficient (Wildman–Crippen LogP) is 1.68. The first-order valence-electron chi connectivity index (χ1n) is 3.54. The van der Waals surface area contributed by atoms with Crippen molar-refractivity contribution in [1.29, 1.82) is 0 Å². The van der Waals surface area contributed by atoms with Crippen LogP contribution in [-0.4, -0.2) is 17.5 Å². The molecule has 0 aliphatic heterocycles. The van der Waals surface area contributed by atoms with Crippen LogP contribution in [0.5, 0.6) is 0 Å². The van der Waals surface area contributed by atoms with Crippen molar-refractivity contribution in [3.8, 4) is 0 Å². The first-order valence-corrected chi connectivity index (χ1v) is 4.36. The van der Waals surface area contributed by atoms with Crippen LogP contribution in [0.4, 0.5) is 5.00 Å². The zero-order chi connectivity index (χ0) is 10.6. The topological polar surface area (TPSA) is 77.3 Å². The molecule has 0 radical (unpaired) electrons. The van der Waals surface area contributed by atoms with Crippen LogP contribution in [0.2, 0.25) is 0 Å². The third-order valence-electron chi connectivity index (χ3n) is 1.40. The molecule has 0 N–H and O–H groups in total. The smallest absolute Gasteiger partial charge is 0.299 e. The molecule has 1 aromatic rings. The Kier molecular flexibility index (Phi) is 3.24. The van der Waals surface area contributed by atoms with E-state index in [-0.39, 0.29) is 15.4 Å². The van der Waals surface area contributed by atoms with E-state index in [1.54, 1.807) is 0 Å². The van der Waals surface area contributed by atoms with Crippen molar-refractivity contribution >= 4 is 35.0 Å². The van der Waals surface area contributed by atoms with E-state index in [2.05, 4.69) is 0 Å². The third kappa shape index (κ3) is 2.11. The minimum Gasteiger partial charge on any atom is -0.299 e. The largest absolute Gasteiger partial charge is 0.331 e. The number of allylic oxidation sites excluding steroid dienone is 1. The van der Waals surface area contributed by atoms with E-state index in [9.17, 15) is 19.7 Å². The van der Waals surface area contributed by atoms with Gasteiger partial charge in [-0.1, -0.05) is 11.3 Å². The summed E-state index contributed by atoms with van der Waals surface area (Å²) in [4.78, 5) is 30.6. The quantitative estimate of drug-likeness (QED) is 0.328. The van der Waals surface area contributed by atoms with E-state index in [0.717, 1.165) is 17.4 Å². The summed E-state index contributed by atoms with van der Waals surface area (Å²) in [6.07, 6.45) is 3.50. The lowest BCUT2D eigenvalue weighted by Crippen LogP contribution is -1.85. The number of hydrogen-bond acceptors (Lipinski definition) is 5. The van der Waals surface area contributed by atoms with Crippen LogP contribution in [-0.2, 0) is 4.79 Å². The molecular formula is C8H5NO4S. The SMILES string of the molecule is O=CC=Cc1cc(C=O)sc1[N+](=O)[O-]. The van der Waals surface area contributed by atoms with Crippen molar-refractivity contribution < 1.29 is 14.5 Å². The second kappa shape index (κ2) is 4.43. The molecule has 1 aromatic heterocycles. The van der Waals surface area contributed by atoms with Gasteiger partial charge in [-0.3, -0.25) is 19.7 Å². The van der Waals surface area contributed by atoms with Crippen LogP contribution in [0.3, 0.4) is 0 Å². The Morgan fingerprint density at radius 1 is 1.43 bits per heavy atom. The molecule has 0 atom stereocenters. The van der Waals surface area contributed by atoms with Gasteiger partial charge in [0.05, 0.1) is 15.4 Å². The van der Waals surface area contributed by atoms with Crippen LogP contribution < -0.4 is 0 Å². The van der Waals surface area contributed by atoms with E-state index in [1.807, 2.05) is 0 Å². The fourth-order valence-corrected chi connectivity index (χ4v) is 1.65. The van der Waals surface area contributed by atoms with Gasteiger partial charge in [-0.15, -0.1) is 0 Å². The molecule has 1 heterocycles. The maximum Gasteiger partial charge on any atom is 0.331 e. The molecule has 0 amide bonds. The molecule has 6 heteroatoms. The monoisotopic (exact) mass is 211 g/mol. The lowest BCUT2D eigenvalue weighted by Gasteiger charge is -1.85. The van der Waals surface area contributed by atoms with Crippen molar-refractivity contribution in [2.75, 3.05) is 0 Å². The highest BCUT2D eigenvalue weighted by molar-refractivity contribution is 7.17. The Balaban J connectivity index is 3.18. The van der Waals surface area contributed by atoms with Gasteiger partial charge in [-0.25, -0.2) is 0 Å². The summed E-state index contributed by atoms with van der Waals surface area (Å²) in [5.74, 6) is 0. The molecule has 5 nitrogen and oxygen atoms in total. The molecule has 1 rings (SSSR count). The summed E-state index contributed by atoms with van der Waals surface area (Å²) in [6, 6.07) is 1.37. The van der Waals surface area contributed by atoms with Gasteiger partial charge in [0.2, 0.25) is 0 Å². The van der Waals surface area contributed by atoms with E-state index in [1.165, 1.54) is 12.1 Å². The zero-order valence-electron chi connectivity index (χ0n) is 6.88. The first kappa shape index (κ1) is 10.3. The standard InChI is InChI=1S/C8H5NO4S/c10-3-1-2-6-4-7(5-11)14-8(6)9(12)13/h1-5H. The van der Waals surface area contributed by atoms with Crippen LogP contribution >= 0.6 is 11.3 Å². The first-order chi connectivity index (χ1) is 6.69. The number of nitro groups is 1. The van der Waals surface area contributed by atoms with Crippen LogP contribution in [0.15, 0.2) is 12.1 Å². The average molecular weight is 211 g/mol. The molecule has 14 heavy (non-hydrogen) atoms. The van der Waals surface area contributed by atoms with Gasteiger partial charge in [0.15, 0.2) is 6.29 Å². The highest BCUT2D eigenvalue weighted by Crippen LogP contribution is 2.29. The summed E-state index contributed by atoms with van der Waals surface area (Å²) >= 11 is 0.784. The molecule has 0 fully saturated rings. The molecular weight excluding hydrogens is 206 g/mol.